The lowest BCUT2D eigenvalue weighted by Crippen LogP contribution is -2.40. The average Bonchev–Trinajstić information content (AvgIpc) is 2.74. The number of benzene rings is 2. The molecule has 0 atom stereocenters. The van der Waals surface area contributed by atoms with Crippen LogP contribution in [0.25, 0.3) is 11.0 Å². The first-order valence-corrected chi connectivity index (χ1v) is 9.41. The molecule has 0 aliphatic heterocycles. The van der Waals surface area contributed by atoms with Crippen molar-refractivity contribution in [2.24, 2.45) is 0 Å². The molecule has 0 radical (unpaired) electrons. The van der Waals surface area contributed by atoms with Crippen molar-refractivity contribution >= 4 is 22.6 Å². The van der Waals surface area contributed by atoms with Gasteiger partial charge in [-0.1, -0.05) is 41.9 Å². The zero-order valence-electron chi connectivity index (χ0n) is 15.7. The van der Waals surface area contributed by atoms with E-state index in [-0.39, 0.29) is 18.6 Å². The molecule has 0 spiro atoms. The molecule has 4 rings (SSSR count). The Bertz CT molecular complexity index is 1310. The number of halogens is 1. The Kier molecular flexibility index (Phi) is 5.18. The van der Waals surface area contributed by atoms with Crippen LogP contribution < -0.4 is 16.0 Å². The third-order valence-electron chi connectivity index (χ3n) is 4.73. The van der Waals surface area contributed by atoms with Gasteiger partial charge < -0.3 is 4.74 Å². The predicted octanol–water partition coefficient (Wildman–Crippen LogP) is 3.32. The fourth-order valence-corrected chi connectivity index (χ4v) is 3.56. The lowest BCUT2D eigenvalue weighted by atomic mass is 10.2. The van der Waals surface area contributed by atoms with Crippen molar-refractivity contribution in [1.82, 2.24) is 14.1 Å². The Balaban J connectivity index is 1.91. The van der Waals surface area contributed by atoms with Crippen LogP contribution in [0.2, 0.25) is 5.02 Å². The molecule has 0 unspecified atom stereocenters. The molecule has 0 aliphatic carbocycles. The van der Waals surface area contributed by atoms with Crippen LogP contribution in [-0.2, 0) is 13.1 Å². The van der Waals surface area contributed by atoms with Crippen LogP contribution in [0.5, 0.6) is 5.75 Å². The summed E-state index contributed by atoms with van der Waals surface area (Å²) in [5.41, 5.74) is 1.11. The highest BCUT2D eigenvalue weighted by Crippen LogP contribution is 2.18. The monoisotopic (exact) mass is 407 g/mol. The SMILES string of the molecule is COc1ccccc1Cn1c(=O)c2cccnc2n(Cc2cccc(Cl)c2)c1=O. The number of para-hydroxylation sites is 1. The van der Waals surface area contributed by atoms with Crippen LogP contribution >= 0.6 is 11.6 Å². The molecule has 0 aliphatic rings. The number of hydrogen-bond donors (Lipinski definition) is 0. The van der Waals surface area contributed by atoms with Crippen LogP contribution in [0.15, 0.2) is 76.4 Å². The Morgan fingerprint density at radius 1 is 0.966 bits per heavy atom. The van der Waals surface area contributed by atoms with Gasteiger partial charge in [0.15, 0.2) is 0 Å². The van der Waals surface area contributed by atoms with E-state index in [1.165, 1.54) is 9.13 Å². The maximum Gasteiger partial charge on any atom is 0.333 e. The number of methoxy groups -OCH3 is 1. The number of rotatable bonds is 5. The zero-order valence-corrected chi connectivity index (χ0v) is 16.5. The molecule has 7 heteroatoms. The van der Waals surface area contributed by atoms with Crippen LogP contribution in [-0.4, -0.2) is 21.2 Å². The molecular weight excluding hydrogens is 390 g/mol. The summed E-state index contributed by atoms with van der Waals surface area (Å²) in [4.78, 5) is 30.7. The number of nitrogens with zero attached hydrogens (tertiary/aromatic N) is 3. The lowest BCUT2D eigenvalue weighted by Gasteiger charge is -2.15. The van der Waals surface area contributed by atoms with Gasteiger partial charge in [-0.15, -0.1) is 0 Å². The predicted molar refractivity (Wildman–Crippen MR) is 113 cm³/mol. The van der Waals surface area contributed by atoms with Gasteiger partial charge in [-0.05, 0) is 35.9 Å². The highest BCUT2D eigenvalue weighted by Gasteiger charge is 2.16. The lowest BCUT2D eigenvalue weighted by molar-refractivity contribution is 0.407. The molecule has 2 aromatic heterocycles. The van der Waals surface area contributed by atoms with Crippen LogP contribution in [0.1, 0.15) is 11.1 Å². The van der Waals surface area contributed by atoms with E-state index in [2.05, 4.69) is 4.98 Å². The number of fused-ring (bicyclic) bond motifs is 1. The van der Waals surface area contributed by atoms with Gasteiger partial charge in [-0.25, -0.2) is 9.78 Å². The van der Waals surface area contributed by atoms with Crippen molar-refractivity contribution in [1.29, 1.82) is 0 Å². The van der Waals surface area contributed by atoms with Gasteiger partial charge in [0, 0.05) is 16.8 Å². The number of ether oxygens (including phenoxy) is 1. The van der Waals surface area contributed by atoms with E-state index < -0.39 is 5.69 Å². The third-order valence-corrected chi connectivity index (χ3v) is 4.97. The Hall–Kier alpha value is -3.38. The first-order valence-electron chi connectivity index (χ1n) is 9.03. The normalized spacial score (nSPS) is 11.0. The van der Waals surface area contributed by atoms with Crippen LogP contribution in [0, 0.1) is 0 Å². The molecule has 0 N–H and O–H groups in total. The van der Waals surface area contributed by atoms with E-state index in [1.807, 2.05) is 30.3 Å². The highest BCUT2D eigenvalue weighted by molar-refractivity contribution is 6.30. The van der Waals surface area contributed by atoms with E-state index in [9.17, 15) is 9.59 Å². The molecular formula is C22H18ClN3O3. The maximum atomic E-state index is 13.3. The van der Waals surface area contributed by atoms with Crippen LogP contribution in [0.4, 0.5) is 0 Å². The summed E-state index contributed by atoms with van der Waals surface area (Å²) in [6.45, 7) is 0.348. The molecule has 0 fully saturated rings. The summed E-state index contributed by atoms with van der Waals surface area (Å²) in [6, 6.07) is 17.9. The van der Waals surface area contributed by atoms with Gasteiger partial charge in [0.1, 0.15) is 11.4 Å². The van der Waals surface area contributed by atoms with E-state index >= 15 is 0 Å². The zero-order chi connectivity index (χ0) is 20.4. The largest absolute Gasteiger partial charge is 0.496 e. The van der Waals surface area contributed by atoms with E-state index in [4.69, 9.17) is 16.3 Å². The third kappa shape index (κ3) is 3.67. The Morgan fingerprint density at radius 3 is 2.59 bits per heavy atom. The number of aromatic nitrogens is 3. The van der Waals surface area contributed by atoms with Gasteiger partial charge >= 0.3 is 5.69 Å². The summed E-state index contributed by atoms with van der Waals surface area (Å²) < 4.78 is 8.09. The topological polar surface area (TPSA) is 66.1 Å². The van der Waals surface area contributed by atoms with Gasteiger partial charge in [0.05, 0.1) is 25.6 Å². The second-order valence-electron chi connectivity index (χ2n) is 6.58. The van der Waals surface area contributed by atoms with E-state index in [0.29, 0.717) is 21.8 Å². The highest BCUT2D eigenvalue weighted by atomic mass is 35.5. The van der Waals surface area contributed by atoms with Gasteiger partial charge in [0.2, 0.25) is 0 Å². The first kappa shape index (κ1) is 19.0. The standard InChI is InChI=1S/C22H18ClN3O3/c1-29-19-10-3-2-7-16(19)14-26-21(27)18-9-5-11-24-20(18)25(22(26)28)13-15-6-4-8-17(23)12-15/h2-12H,13-14H2,1H3. The van der Waals surface area contributed by atoms with Crippen molar-refractivity contribution in [3.8, 4) is 5.75 Å². The number of pyridine rings is 1. The minimum absolute atomic E-state index is 0.0993. The molecule has 2 aromatic carbocycles. The van der Waals surface area contributed by atoms with E-state index in [0.717, 1.165) is 11.1 Å². The molecule has 146 valence electrons. The van der Waals surface area contributed by atoms with Crippen molar-refractivity contribution in [2.45, 2.75) is 13.1 Å². The maximum absolute atomic E-state index is 13.3. The summed E-state index contributed by atoms with van der Waals surface area (Å²) in [5, 5.41) is 0.958. The fraction of sp³-hybridized carbons (Fsp3) is 0.136. The second-order valence-corrected chi connectivity index (χ2v) is 7.01. The minimum atomic E-state index is -0.438. The Labute approximate surface area is 171 Å². The van der Waals surface area contributed by atoms with Gasteiger partial charge in [-0.3, -0.25) is 13.9 Å². The summed E-state index contributed by atoms with van der Waals surface area (Å²) in [7, 11) is 1.56. The average molecular weight is 408 g/mol. The quantitative estimate of drug-likeness (QED) is 0.509. The van der Waals surface area contributed by atoms with Crippen molar-refractivity contribution in [2.75, 3.05) is 7.11 Å². The van der Waals surface area contributed by atoms with Crippen molar-refractivity contribution in [3.63, 3.8) is 0 Å². The molecule has 6 nitrogen and oxygen atoms in total. The molecule has 0 bridgehead atoms. The summed E-state index contributed by atoms with van der Waals surface area (Å²) in [6.07, 6.45) is 1.57. The van der Waals surface area contributed by atoms with Gasteiger partial charge in [-0.2, -0.15) is 0 Å². The van der Waals surface area contributed by atoms with E-state index in [1.54, 1.807) is 43.6 Å². The number of hydrogen-bond acceptors (Lipinski definition) is 4. The molecule has 29 heavy (non-hydrogen) atoms. The summed E-state index contributed by atoms with van der Waals surface area (Å²) in [5.74, 6) is 0.617. The smallest absolute Gasteiger partial charge is 0.333 e. The molecule has 0 amide bonds. The van der Waals surface area contributed by atoms with Gasteiger partial charge in [0.25, 0.3) is 5.56 Å². The van der Waals surface area contributed by atoms with Crippen molar-refractivity contribution in [3.05, 3.63) is 104 Å². The summed E-state index contributed by atoms with van der Waals surface area (Å²) >= 11 is 6.09. The molecule has 0 saturated carbocycles. The fourth-order valence-electron chi connectivity index (χ4n) is 3.35. The molecule has 2 heterocycles. The second kappa shape index (κ2) is 7.93. The first-order chi connectivity index (χ1) is 14.1. The minimum Gasteiger partial charge on any atom is -0.496 e. The van der Waals surface area contributed by atoms with Crippen LogP contribution in [0.3, 0.4) is 0 Å². The molecule has 4 aromatic rings. The molecule has 0 saturated heterocycles. The Morgan fingerprint density at radius 2 is 1.79 bits per heavy atom. The van der Waals surface area contributed by atoms with Crippen molar-refractivity contribution < 1.29 is 4.74 Å².